The Balaban J connectivity index is 2.25. The molecule has 0 radical (unpaired) electrons. The molecule has 0 aliphatic heterocycles. The maximum absolute atomic E-state index is 13.1. The Hall–Kier alpha value is -1.40. The molecule has 0 bridgehead atoms. The predicted octanol–water partition coefficient (Wildman–Crippen LogP) is 4.20. The zero-order valence-corrected chi connectivity index (χ0v) is 12.0. The van der Waals surface area contributed by atoms with E-state index >= 15 is 0 Å². The molecule has 0 saturated heterocycles. The highest BCUT2D eigenvalue weighted by molar-refractivity contribution is 5.19. The summed E-state index contributed by atoms with van der Waals surface area (Å²) in [5.74, 6) is -0.193. The second kappa shape index (κ2) is 7.25. The molecule has 1 aromatic rings. The first-order valence-electron chi connectivity index (χ1n) is 6.85. The Bertz CT molecular complexity index is 435. The van der Waals surface area contributed by atoms with Gasteiger partial charge in [0.1, 0.15) is 5.82 Å². The largest absolute Gasteiger partial charge is 0.310 e. The van der Waals surface area contributed by atoms with Crippen LogP contribution in [0.2, 0.25) is 0 Å². The van der Waals surface area contributed by atoms with Crippen LogP contribution in [0.15, 0.2) is 24.3 Å². The summed E-state index contributed by atoms with van der Waals surface area (Å²) in [5, 5.41) is 12.3. The lowest BCUT2D eigenvalue weighted by Gasteiger charge is -2.16. The number of unbranched alkanes of at least 4 members (excludes halogenated alkanes) is 1. The Kier molecular flexibility index (Phi) is 5.98. The highest BCUT2D eigenvalue weighted by Crippen LogP contribution is 2.21. The van der Waals surface area contributed by atoms with E-state index in [2.05, 4.69) is 11.4 Å². The molecule has 2 nitrogen and oxygen atoms in total. The SMILES string of the molecule is C[C@H](NCCCCC(C)(C)C#N)c1cccc(F)c1. The van der Waals surface area contributed by atoms with Crippen molar-refractivity contribution in [1.29, 1.82) is 5.26 Å². The molecule has 0 saturated carbocycles. The van der Waals surface area contributed by atoms with Crippen LogP contribution in [0.5, 0.6) is 0 Å². The molecule has 104 valence electrons. The van der Waals surface area contributed by atoms with E-state index in [1.165, 1.54) is 6.07 Å². The summed E-state index contributed by atoms with van der Waals surface area (Å²) in [6.07, 6.45) is 2.98. The van der Waals surface area contributed by atoms with Crippen molar-refractivity contribution >= 4 is 0 Å². The highest BCUT2D eigenvalue weighted by Gasteiger charge is 2.15. The van der Waals surface area contributed by atoms with Crippen molar-refractivity contribution in [3.05, 3.63) is 35.6 Å². The molecule has 0 amide bonds. The standard InChI is InChI=1S/C16H23FN2/c1-13(14-7-6-8-15(17)11-14)19-10-5-4-9-16(2,3)12-18/h6-8,11,13,19H,4-5,9-10H2,1-3H3/t13-/m0/s1. The minimum absolute atomic E-state index is 0.152. The van der Waals surface area contributed by atoms with Crippen LogP contribution in [0.1, 0.15) is 51.6 Å². The third kappa shape index (κ3) is 5.85. The van der Waals surface area contributed by atoms with Gasteiger partial charge in [0.25, 0.3) is 0 Å². The van der Waals surface area contributed by atoms with E-state index < -0.39 is 0 Å². The van der Waals surface area contributed by atoms with Gasteiger partial charge in [-0.3, -0.25) is 0 Å². The second-order valence-corrected chi connectivity index (χ2v) is 5.68. The molecule has 1 atom stereocenters. The Labute approximate surface area is 115 Å². The molecule has 1 aromatic carbocycles. The number of hydrogen-bond acceptors (Lipinski definition) is 2. The Morgan fingerprint density at radius 2 is 2.11 bits per heavy atom. The van der Waals surface area contributed by atoms with Gasteiger partial charge in [0.05, 0.1) is 11.5 Å². The second-order valence-electron chi connectivity index (χ2n) is 5.68. The molecule has 0 unspecified atom stereocenters. The van der Waals surface area contributed by atoms with Crippen molar-refractivity contribution in [2.24, 2.45) is 5.41 Å². The van der Waals surface area contributed by atoms with Gasteiger partial charge in [-0.25, -0.2) is 4.39 Å². The topological polar surface area (TPSA) is 35.8 Å². The van der Waals surface area contributed by atoms with Crippen LogP contribution in [-0.4, -0.2) is 6.54 Å². The first-order valence-corrected chi connectivity index (χ1v) is 6.85. The molecule has 0 aromatic heterocycles. The number of rotatable bonds is 7. The third-order valence-corrected chi connectivity index (χ3v) is 3.33. The van der Waals surface area contributed by atoms with Gasteiger partial charge in [0, 0.05) is 6.04 Å². The van der Waals surface area contributed by atoms with Gasteiger partial charge in [-0.2, -0.15) is 5.26 Å². The average molecular weight is 262 g/mol. The molecule has 0 spiro atoms. The summed E-state index contributed by atoms with van der Waals surface area (Å²) < 4.78 is 13.1. The maximum atomic E-state index is 13.1. The Morgan fingerprint density at radius 1 is 1.37 bits per heavy atom. The van der Waals surface area contributed by atoms with Crippen LogP contribution in [0, 0.1) is 22.6 Å². The molecule has 0 aliphatic rings. The summed E-state index contributed by atoms with van der Waals surface area (Å²) in [6, 6.07) is 9.15. The van der Waals surface area contributed by atoms with Gasteiger partial charge in [-0.15, -0.1) is 0 Å². The first-order chi connectivity index (χ1) is 8.94. The quantitative estimate of drug-likeness (QED) is 0.748. The fourth-order valence-corrected chi connectivity index (χ4v) is 1.96. The van der Waals surface area contributed by atoms with Gasteiger partial charge in [-0.1, -0.05) is 18.6 Å². The fraction of sp³-hybridized carbons (Fsp3) is 0.562. The van der Waals surface area contributed by atoms with E-state index in [0.717, 1.165) is 31.4 Å². The lowest BCUT2D eigenvalue weighted by molar-refractivity contribution is 0.417. The van der Waals surface area contributed by atoms with Gasteiger partial charge >= 0.3 is 0 Å². The average Bonchev–Trinajstić information content (AvgIpc) is 2.38. The van der Waals surface area contributed by atoms with Crippen LogP contribution < -0.4 is 5.32 Å². The molecule has 1 N–H and O–H groups in total. The van der Waals surface area contributed by atoms with Gasteiger partial charge < -0.3 is 5.32 Å². The van der Waals surface area contributed by atoms with Crippen molar-refractivity contribution in [1.82, 2.24) is 5.32 Å². The maximum Gasteiger partial charge on any atom is 0.123 e. The van der Waals surface area contributed by atoms with E-state index in [1.807, 2.05) is 26.8 Å². The molecule has 1 rings (SSSR count). The number of benzene rings is 1. The van der Waals surface area contributed by atoms with E-state index in [-0.39, 0.29) is 17.3 Å². The van der Waals surface area contributed by atoms with Gasteiger partial charge in [-0.05, 0) is 57.9 Å². The molecule has 0 aliphatic carbocycles. The summed E-state index contributed by atoms with van der Waals surface area (Å²) in [5.41, 5.74) is 0.742. The van der Waals surface area contributed by atoms with Crippen LogP contribution >= 0.6 is 0 Å². The number of halogens is 1. The van der Waals surface area contributed by atoms with Crippen molar-refractivity contribution in [3.63, 3.8) is 0 Å². The lowest BCUT2D eigenvalue weighted by atomic mass is 9.89. The predicted molar refractivity (Wildman–Crippen MR) is 76.1 cm³/mol. The van der Waals surface area contributed by atoms with E-state index in [0.29, 0.717) is 0 Å². The monoisotopic (exact) mass is 262 g/mol. The van der Waals surface area contributed by atoms with Crippen LogP contribution in [0.4, 0.5) is 4.39 Å². The van der Waals surface area contributed by atoms with Crippen molar-refractivity contribution in [3.8, 4) is 6.07 Å². The summed E-state index contributed by atoms with van der Waals surface area (Å²) in [6.45, 7) is 6.86. The minimum atomic E-state index is -0.228. The normalized spacial score (nSPS) is 13.0. The summed E-state index contributed by atoms with van der Waals surface area (Å²) in [4.78, 5) is 0. The number of nitrogens with zero attached hydrogens (tertiary/aromatic N) is 1. The van der Waals surface area contributed by atoms with Gasteiger partial charge in [0.2, 0.25) is 0 Å². The van der Waals surface area contributed by atoms with E-state index in [4.69, 9.17) is 5.26 Å². The van der Waals surface area contributed by atoms with Crippen molar-refractivity contribution in [2.75, 3.05) is 6.54 Å². The molecular formula is C16H23FN2. The van der Waals surface area contributed by atoms with E-state index in [1.54, 1.807) is 12.1 Å². The molecule has 0 heterocycles. The van der Waals surface area contributed by atoms with Crippen molar-refractivity contribution < 1.29 is 4.39 Å². The molecule has 3 heteroatoms. The first kappa shape index (κ1) is 15.7. The number of nitriles is 1. The highest BCUT2D eigenvalue weighted by atomic mass is 19.1. The molecule has 0 fully saturated rings. The smallest absolute Gasteiger partial charge is 0.123 e. The van der Waals surface area contributed by atoms with E-state index in [9.17, 15) is 4.39 Å². The zero-order valence-electron chi connectivity index (χ0n) is 12.0. The lowest BCUT2D eigenvalue weighted by Crippen LogP contribution is -2.20. The van der Waals surface area contributed by atoms with Gasteiger partial charge in [0.15, 0.2) is 0 Å². The molecule has 19 heavy (non-hydrogen) atoms. The fourth-order valence-electron chi connectivity index (χ4n) is 1.96. The summed E-state index contributed by atoms with van der Waals surface area (Å²) in [7, 11) is 0. The zero-order chi connectivity index (χ0) is 14.3. The number of nitrogens with one attached hydrogen (secondary N) is 1. The third-order valence-electron chi connectivity index (χ3n) is 3.33. The van der Waals surface area contributed by atoms with Crippen LogP contribution in [0.25, 0.3) is 0 Å². The Morgan fingerprint density at radius 3 is 2.74 bits per heavy atom. The van der Waals surface area contributed by atoms with Crippen molar-refractivity contribution in [2.45, 2.75) is 46.1 Å². The number of hydrogen-bond donors (Lipinski definition) is 1. The summed E-state index contributed by atoms with van der Waals surface area (Å²) >= 11 is 0. The molecular weight excluding hydrogens is 239 g/mol. The van der Waals surface area contributed by atoms with Crippen LogP contribution in [-0.2, 0) is 0 Å². The van der Waals surface area contributed by atoms with Crippen LogP contribution in [0.3, 0.4) is 0 Å². The minimum Gasteiger partial charge on any atom is -0.310 e.